The lowest BCUT2D eigenvalue weighted by atomic mass is 10.1. The summed E-state index contributed by atoms with van der Waals surface area (Å²) in [7, 11) is -2.11. The third kappa shape index (κ3) is 3.30. The molecule has 1 aromatic carbocycles. The molecule has 1 unspecified atom stereocenters. The first-order chi connectivity index (χ1) is 13.9. The minimum Gasteiger partial charge on any atom is -0.279 e. The number of aromatic nitrogens is 5. The lowest BCUT2D eigenvalue weighted by Crippen LogP contribution is -2.38. The summed E-state index contributed by atoms with van der Waals surface area (Å²) in [6, 6.07) is 4.82. The fourth-order valence-electron chi connectivity index (χ4n) is 3.98. The molecule has 1 saturated carbocycles. The highest BCUT2D eigenvalue weighted by atomic mass is 32.2. The zero-order valence-corrected chi connectivity index (χ0v) is 17.7. The van der Waals surface area contributed by atoms with Crippen LogP contribution in [-0.4, -0.2) is 48.9 Å². The van der Waals surface area contributed by atoms with Crippen molar-refractivity contribution in [3.05, 3.63) is 34.5 Å². The van der Waals surface area contributed by atoms with Gasteiger partial charge in [0.1, 0.15) is 21.8 Å². The molecule has 3 heterocycles. The predicted molar refractivity (Wildman–Crippen MR) is 108 cm³/mol. The molecule has 1 aliphatic heterocycles. The maximum atomic E-state index is 13.3. The summed E-state index contributed by atoms with van der Waals surface area (Å²) < 4.78 is 39.6. The fourth-order valence-corrected chi connectivity index (χ4v) is 6.15. The van der Waals surface area contributed by atoms with Gasteiger partial charge in [-0.1, -0.05) is 6.07 Å². The molecule has 0 amide bonds. The summed E-state index contributed by atoms with van der Waals surface area (Å²) in [5.41, 5.74) is 0.923. The van der Waals surface area contributed by atoms with E-state index in [1.807, 2.05) is 0 Å². The molecular weight excluding hydrogens is 412 g/mol. The van der Waals surface area contributed by atoms with Gasteiger partial charge in [0.15, 0.2) is 0 Å². The molecule has 1 aliphatic carbocycles. The minimum atomic E-state index is -3.72. The van der Waals surface area contributed by atoms with Crippen molar-refractivity contribution in [1.82, 2.24) is 27.4 Å². The molecule has 29 heavy (non-hydrogen) atoms. The Labute approximate surface area is 172 Å². The van der Waals surface area contributed by atoms with Crippen LogP contribution < -0.4 is 5.69 Å². The Hall–Kier alpha value is -2.11. The smallest absolute Gasteiger partial charge is 0.279 e. The summed E-state index contributed by atoms with van der Waals surface area (Å²) in [6.07, 6.45) is 4.12. The van der Waals surface area contributed by atoms with Crippen LogP contribution in [0.25, 0.3) is 11.0 Å². The second-order valence-electron chi connectivity index (χ2n) is 7.87. The number of aryl methyl sites for hydroxylation is 1. The Kier molecular flexibility index (Phi) is 4.56. The van der Waals surface area contributed by atoms with Crippen molar-refractivity contribution in [2.45, 2.75) is 56.1 Å². The largest absolute Gasteiger partial charge is 0.345 e. The Morgan fingerprint density at radius 3 is 2.83 bits per heavy atom. The third-order valence-corrected chi connectivity index (χ3v) is 8.42. The average Bonchev–Trinajstić information content (AvgIpc) is 3.37. The van der Waals surface area contributed by atoms with Crippen molar-refractivity contribution >= 4 is 32.8 Å². The maximum absolute atomic E-state index is 13.3. The molecule has 2 aromatic heterocycles. The number of benzene rings is 1. The van der Waals surface area contributed by atoms with Gasteiger partial charge in [-0.05, 0) is 43.7 Å². The van der Waals surface area contributed by atoms with E-state index in [2.05, 4.69) is 13.8 Å². The molecule has 1 fully saturated rings. The monoisotopic (exact) mass is 434 g/mol. The Balaban J connectivity index is 1.38. The quantitative estimate of drug-likeness (QED) is 0.603. The summed E-state index contributed by atoms with van der Waals surface area (Å²) in [4.78, 5) is 12.8. The number of fused-ring (bicyclic) bond motifs is 2. The van der Waals surface area contributed by atoms with Crippen LogP contribution in [0.3, 0.4) is 0 Å². The number of nitrogens with zero attached hydrogens (tertiary/aromatic N) is 6. The summed E-state index contributed by atoms with van der Waals surface area (Å²) >= 11 is 1.01. The zero-order chi connectivity index (χ0) is 20.2. The second-order valence-corrected chi connectivity index (χ2v) is 10.4. The van der Waals surface area contributed by atoms with Crippen LogP contribution in [0.5, 0.6) is 0 Å². The van der Waals surface area contributed by atoms with Crippen LogP contribution in [0, 0.1) is 5.92 Å². The summed E-state index contributed by atoms with van der Waals surface area (Å²) in [5, 5.41) is 4.52. The summed E-state index contributed by atoms with van der Waals surface area (Å²) in [5.74, 6) is 1.34. The average molecular weight is 435 g/mol. The van der Waals surface area contributed by atoms with E-state index in [0.29, 0.717) is 49.3 Å². The van der Waals surface area contributed by atoms with Crippen LogP contribution >= 0.6 is 11.7 Å². The lowest BCUT2D eigenvalue weighted by Gasteiger charge is -2.26. The molecule has 1 atom stereocenters. The van der Waals surface area contributed by atoms with E-state index in [-0.39, 0.29) is 16.6 Å². The first-order valence-corrected chi connectivity index (χ1v) is 12.0. The Bertz CT molecular complexity index is 1220. The van der Waals surface area contributed by atoms with Crippen LogP contribution in [0.15, 0.2) is 27.9 Å². The normalized spacial score (nSPS) is 20.1. The molecular formula is C18H22N6O3S2. The predicted octanol–water partition coefficient (Wildman–Crippen LogP) is 1.49. The SMILES string of the molecule is CN(C1CCc2nn(CC3CC3)c(=O)n2CC1)S(=O)(=O)c1cccc2nsnc12. The Morgan fingerprint density at radius 2 is 2.03 bits per heavy atom. The molecule has 11 heteroatoms. The third-order valence-electron chi connectivity index (χ3n) is 5.93. The van der Waals surface area contributed by atoms with E-state index in [0.717, 1.165) is 17.6 Å². The van der Waals surface area contributed by atoms with E-state index >= 15 is 0 Å². The molecule has 0 N–H and O–H groups in total. The number of sulfonamides is 1. The van der Waals surface area contributed by atoms with Crippen molar-refractivity contribution in [2.24, 2.45) is 5.92 Å². The number of hydrogen-bond acceptors (Lipinski definition) is 7. The molecule has 5 rings (SSSR count). The molecule has 154 valence electrons. The summed E-state index contributed by atoms with van der Waals surface area (Å²) in [6.45, 7) is 1.17. The van der Waals surface area contributed by atoms with Gasteiger partial charge in [0.2, 0.25) is 10.0 Å². The van der Waals surface area contributed by atoms with Crippen LogP contribution in [0.2, 0.25) is 0 Å². The highest BCUT2D eigenvalue weighted by Gasteiger charge is 2.33. The Morgan fingerprint density at radius 1 is 1.21 bits per heavy atom. The number of rotatable bonds is 5. The minimum absolute atomic E-state index is 0.0728. The van der Waals surface area contributed by atoms with Crippen molar-refractivity contribution in [3.8, 4) is 0 Å². The van der Waals surface area contributed by atoms with Gasteiger partial charge >= 0.3 is 5.69 Å². The van der Waals surface area contributed by atoms with Gasteiger partial charge in [0.05, 0.1) is 11.7 Å². The molecule has 3 aromatic rings. The lowest BCUT2D eigenvalue weighted by molar-refractivity contribution is 0.328. The maximum Gasteiger partial charge on any atom is 0.345 e. The van der Waals surface area contributed by atoms with Crippen molar-refractivity contribution in [3.63, 3.8) is 0 Å². The molecule has 0 radical (unpaired) electrons. The van der Waals surface area contributed by atoms with Gasteiger partial charge in [-0.3, -0.25) is 4.57 Å². The molecule has 0 spiro atoms. The van der Waals surface area contributed by atoms with E-state index in [4.69, 9.17) is 0 Å². The van der Waals surface area contributed by atoms with E-state index in [1.54, 1.807) is 34.5 Å². The van der Waals surface area contributed by atoms with Crippen LogP contribution in [0.4, 0.5) is 0 Å². The molecule has 9 nitrogen and oxygen atoms in total. The van der Waals surface area contributed by atoms with E-state index < -0.39 is 10.0 Å². The first kappa shape index (κ1) is 18.9. The van der Waals surface area contributed by atoms with Crippen molar-refractivity contribution < 1.29 is 8.42 Å². The van der Waals surface area contributed by atoms with Gasteiger partial charge in [0.25, 0.3) is 0 Å². The van der Waals surface area contributed by atoms with Gasteiger partial charge in [0, 0.05) is 32.6 Å². The standard InChI is InChI=1S/C18H22N6O3S2/c1-22(29(26,27)15-4-2-3-14-17(15)21-28-20-14)13-7-8-16-19-24(11-12-5-6-12)18(25)23(16)10-9-13/h2-4,12-13H,5-11H2,1H3. The van der Waals surface area contributed by atoms with Gasteiger partial charge < -0.3 is 0 Å². The second kappa shape index (κ2) is 6.99. The highest BCUT2D eigenvalue weighted by molar-refractivity contribution is 7.89. The van der Waals surface area contributed by atoms with Gasteiger partial charge in [-0.2, -0.15) is 18.2 Å². The van der Waals surface area contributed by atoms with E-state index in [9.17, 15) is 13.2 Å². The van der Waals surface area contributed by atoms with Gasteiger partial charge in [-0.15, -0.1) is 0 Å². The first-order valence-electron chi connectivity index (χ1n) is 9.81. The zero-order valence-electron chi connectivity index (χ0n) is 16.1. The molecule has 0 bridgehead atoms. The van der Waals surface area contributed by atoms with Crippen molar-refractivity contribution in [2.75, 3.05) is 7.05 Å². The number of hydrogen-bond donors (Lipinski definition) is 0. The highest BCUT2D eigenvalue weighted by Crippen LogP contribution is 2.30. The molecule has 0 saturated heterocycles. The topological polar surface area (TPSA) is 103 Å². The fraction of sp³-hybridized carbons (Fsp3) is 0.556. The van der Waals surface area contributed by atoms with Crippen LogP contribution in [0.1, 0.15) is 31.5 Å². The van der Waals surface area contributed by atoms with E-state index in [1.165, 1.54) is 17.1 Å². The van der Waals surface area contributed by atoms with Crippen molar-refractivity contribution in [1.29, 1.82) is 0 Å². The molecule has 2 aliphatic rings. The van der Waals surface area contributed by atoms with Crippen LogP contribution in [-0.2, 0) is 29.5 Å². The van der Waals surface area contributed by atoms with Gasteiger partial charge in [-0.25, -0.2) is 17.9 Å².